The van der Waals surface area contributed by atoms with E-state index >= 15 is 0 Å². The van der Waals surface area contributed by atoms with Gasteiger partial charge in [0.05, 0.1) is 13.7 Å². The quantitative estimate of drug-likeness (QED) is 0.709. The Bertz CT molecular complexity index is 408. The van der Waals surface area contributed by atoms with Gasteiger partial charge in [0.1, 0.15) is 0 Å². The summed E-state index contributed by atoms with van der Waals surface area (Å²) in [6, 6.07) is 5.60. The van der Waals surface area contributed by atoms with E-state index in [2.05, 4.69) is 6.92 Å². The minimum absolute atomic E-state index is 0.0234. The Hall–Kier alpha value is -1.77. The zero-order chi connectivity index (χ0) is 12.7. The number of hydrogen-bond acceptors (Lipinski definition) is 3. The summed E-state index contributed by atoms with van der Waals surface area (Å²) in [7, 11) is 1.60. The van der Waals surface area contributed by atoms with Crippen molar-refractivity contribution < 1.29 is 14.3 Å². The van der Waals surface area contributed by atoms with Gasteiger partial charge in [-0.25, -0.2) is 0 Å². The third-order valence-electron chi connectivity index (χ3n) is 2.16. The van der Waals surface area contributed by atoms with Crippen LogP contribution in [0.5, 0.6) is 11.5 Å². The molecule has 0 bridgehead atoms. The average molecular weight is 234 g/mol. The molecule has 0 radical (unpaired) electrons. The summed E-state index contributed by atoms with van der Waals surface area (Å²) >= 11 is 0. The monoisotopic (exact) mass is 234 g/mol. The van der Waals surface area contributed by atoms with Gasteiger partial charge < -0.3 is 9.47 Å². The third-order valence-corrected chi connectivity index (χ3v) is 2.16. The van der Waals surface area contributed by atoms with Crippen molar-refractivity contribution >= 4 is 11.9 Å². The number of carbonyl (C=O) groups excluding carboxylic acids is 1. The lowest BCUT2D eigenvalue weighted by Crippen LogP contribution is -1.97. The van der Waals surface area contributed by atoms with Crippen LogP contribution in [0, 0.1) is 0 Å². The first-order chi connectivity index (χ1) is 8.17. The molecule has 0 amide bonds. The molecule has 0 saturated heterocycles. The van der Waals surface area contributed by atoms with Crippen molar-refractivity contribution in [2.75, 3.05) is 13.7 Å². The van der Waals surface area contributed by atoms with Crippen molar-refractivity contribution in [1.29, 1.82) is 0 Å². The molecule has 0 aliphatic rings. The van der Waals surface area contributed by atoms with Crippen LogP contribution in [0.2, 0.25) is 0 Å². The van der Waals surface area contributed by atoms with Gasteiger partial charge in [-0.3, -0.25) is 4.79 Å². The molecule has 1 aromatic rings. The number of carbonyl (C=O) groups is 1. The highest BCUT2D eigenvalue weighted by Crippen LogP contribution is 2.28. The van der Waals surface area contributed by atoms with Crippen LogP contribution in [0.25, 0.3) is 6.08 Å². The highest BCUT2D eigenvalue weighted by molar-refractivity contribution is 5.91. The lowest BCUT2D eigenvalue weighted by atomic mass is 10.1. The van der Waals surface area contributed by atoms with Crippen LogP contribution >= 0.6 is 0 Å². The first-order valence-corrected chi connectivity index (χ1v) is 5.67. The van der Waals surface area contributed by atoms with Crippen molar-refractivity contribution in [3.8, 4) is 11.5 Å². The molecular formula is C14H18O3. The molecule has 0 aliphatic carbocycles. The van der Waals surface area contributed by atoms with Gasteiger partial charge in [0, 0.05) is 0 Å². The first-order valence-electron chi connectivity index (χ1n) is 5.67. The van der Waals surface area contributed by atoms with Gasteiger partial charge in [-0.2, -0.15) is 0 Å². The number of ether oxygens (including phenoxy) is 2. The van der Waals surface area contributed by atoms with Crippen LogP contribution < -0.4 is 9.47 Å². The van der Waals surface area contributed by atoms with E-state index in [9.17, 15) is 4.79 Å². The summed E-state index contributed by atoms with van der Waals surface area (Å²) in [5, 5.41) is 0. The molecule has 0 saturated carbocycles. The van der Waals surface area contributed by atoms with Crippen LogP contribution in [-0.4, -0.2) is 19.5 Å². The molecule has 1 rings (SSSR count). The lowest BCUT2D eigenvalue weighted by Gasteiger charge is -2.10. The molecule has 0 aliphatic heterocycles. The summed E-state index contributed by atoms with van der Waals surface area (Å²) < 4.78 is 10.8. The number of ketones is 1. The van der Waals surface area contributed by atoms with Crippen LogP contribution in [0.1, 0.15) is 25.8 Å². The maximum atomic E-state index is 10.8. The fourth-order valence-electron chi connectivity index (χ4n) is 1.33. The minimum atomic E-state index is 0.0234. The number of hydrogen-bond donors (Lipinski definition) is 0. The van der Waals surface area contributed by atoms with Gasteiger partial charge >= 0.3 is 0 Å². The van der Waals surface area contributed by atoms with Gasteiger partial charge in [-0.1, -0.05) is 19.1 Å². The van der Waals surface area contributed by atoms with Gasteiger partial charge in [-0.05, 0) is 37.1 Å². The fourth-order valence-corrected chi connectivity index (χ4v) is 1.33. The summed E-state index contributed by atoms with van der Waals surface area (Å²) in [5.41, 5.74) is 0.917. The van der Waals surface area contributed by atoms with Crippen molar-refractivity contribution in [2.45, 2.75) is 20.3 Å². The van der Waals surface area contributed by atoms with Crippen LogP contribution in [0.3, 0.4) is 0 Å². The van der Waals surface area contributed by atoms with E-state index in [0.29, 0.717) is 12.4 Å². The zero-order valence-corrected chi connectivity index (χ0v) is 10.5. The van der Waals surface area contributed by atoms with Gasteiger partial charge in [0.15, 0.2) is 17.3 Å². The second-order valence-electron chi connectivity index (χ2n) is 3.70. The van der Waals surface area contributed by atoms with E-state index in [-0.39, 0.29) is 5.78 Å². The molecule has 0 fully saturated rings. The van der Waals surface area contributed by atoms with Crippen LogP contribution in [0.15, 0.2) is 24.3 Å². The van der Waals surface area contributed by atoms with Gasteiger partial charge in [-0.15, -0.1) is 0 Å². The average Bonchev–Trinajstić information content (AvgIpc) is 2.34. The van der Waals surface area contributed by atoms with E-state index in [1.165, 1.54) is 13.0 Å². The third kappa shape index (κ3) is 4.31. The standard InChI is InChI=1S/C14H18O3/c1-4-9-17-13-8-7-12(6-5-11(2)15)10-14(13)16-3/h5-8,10H,4,9H2,1-3H3. The first kappa shape index (κ1) is 13.3. The topological polar surface area (TPSA) is 35.5 Å². The Morgan fingerprint density at radius 3 is 2.71 bits per heavy atom. The maximum Gasteiger partial charge on any atom is 0.161 e. The lowest BCUT2D eigenvalue weighted by molar-refractivity contribution is -0.112. The Balaban J connectivity index is 2.87. The minimum Gasteiger partial charge on any atom is -0.493 e. The summed E-state index contributed by atoms with van der Waals surface area (Å²) in [6.07, 6.45) is 4.24. The maximum absolute atomic E-state index is 10.8. The van der Waals surface area contributed by atoms with Crippen molar-refractivity contribution in [1.82, 2.24) is 0 Å². The highest BCUT2D eigenvalue weighted by Gasteiger charge is 2.04. The van der Waals surface area contributed by atoms with E-state index in [0.717, 1.165) is 17.7 Å². The second-order valence-corrected chi connectivity index (χ2v) is 3.70. The van der Waals surface area contributed by atoms with E-state index in [1.807, 2.05) is 18.2 Å². The predicted octanol–water partition coefficient (Wildman–Crippen LogP) is 3.09. The second kappa shape index (κ2) is 6.74. The van der Waals surface area contributed by atoms with Crippen LogP contribution in [-0.2, 0) is 4.79 Å². The number of benzene rings is 1. The zero-order valence-electron chi connectivity index (χ0n) is 10.5. The smallest absolute Gasteiger partial charge is 0.161 e. The summed E-state index contributed by atoms with van der Waals surface area (Å²) in [5.74, 6) is 1.44. The molecule has 0 N–H and O–H groups in total. The van der Waals surface area contributed by atoms with Crippen molar-refractivity contribution in [2.24, 2.45) is 0 Å². The summed E-state index contributed by atoms with van der Waals surface area (Å²) in [6.45, 7) is 4.24. The number of methoxy groups -OCH3 is 1. The molecule has 1 aromatic carbocycles. The van der Waals surface area contributed by atoms with Crippen LogP contribution in [0.4, 0.5) is 0 Å². The molecule has 0 spiro atoms. The Morgan fingerprint density at radius 2 is 2.12 bits per heavy atom. The Labute approximate surface area is 102 Å². The molecule has 3 heteroatoms. The highest BCUT2D eigenvalue weighted by atomic mass is 16.5. The van der Waals surface area contributed by atoms with Gasteiger partial charge in [0.2, 0.25) is 0 Å². The van der Waals surface area contributed by atoms with E-state index < -0.39 is 0 Å². The molecule has 0 aromatic heterocycles. The number of rotatable bonds is 6. The van der Waals surface area contributed by atoms with Crippen molar-refractivity contribution in [3.05, 3.63) is 29.8 Å². The predicted molar refractivity (Wildman–Crippen MR) is 68.5 cm³/mol. The van der Waals surface area contributed by atoms with Gasteiger partial charge in [0.25, 0.3) is 0 Å². The largest absolute Gasteiger partial charge is 0.493 e. The van der Waals surface area contributed by atoms with Crippen molar-refractivity contribution in [3.63, 3.8) is 0 Å². The molecule has 92 valence electrons. The molecule has 0 unspecified atom stereocenters. The molecule has 0 atom stereocenters. The van der Waals surface area contributed by atoms with E-state index in [4.69, 9.17) is 9.47 Å². The molecule has 3 nitrogen and oxygen atoms in total. The SMILES string of the molecule is CCCOc1ccc(C=CC(C)=O)cc1OC. The fraction of sp³-hybridized carbons (Fsp3) is 0.357. The Kier molecular flexibility index (Phi) is 5.27. The molecule has 17 heavy (non-hydrogen) atoms. The number of allylic oxidation sites excluding steroid dienone is 1. The van der Waals surface area contributed by atoms with E-state index in [1.54, 1.807) is 13.2 Å². The summed E-state index contributed by atoms with van der Waals surface area (Å²) in [4.78, 5) is 10.8. The Morgan fingerprint density at radius 1 is 1.35 bits per heavy atom. The normalized spacial score (nSPS) is 10.5. The molecular weight excluding hydrogens is 216 g/mol. The molecule has 0 heterocycles.